The topological polar surface area (TPSA) is 97.2 Å². The lowest BCUT2D eigenvalue weighted by Gasteiger charge is -2.30. The molecule has 1 aromatic rings. The second-order valence-electron chi connectivity index (χ2n) is 5.70. The molecule has 1 unspecified atom stereocenters. The highest BCUT2D eigenvalue weighted by Crippen LogP contribution is 2.36. The third kappa shape index (κ3) is 2.99. The number of aliphatic imine (C=N–C) groups is 1. The van der Waals surface area contributed by atoms with Gasteiger partial charge in [-0.25, -0.2) is 19.9 Å². The minimum absolute atomic E-state index is 0.168. The van der Waals surface area contributed by atoms with Crippen LogP contribution in [0.3, 0.4) is 0 Å². The number of carboxylic acid groups (broad SMARTS) is 1. The van der Waals surface area contributed by atoms with Crippen molar-refractivity contribution in [1.82, 2.24) is 5.32 Å². The molecule has 2 N–H and O–H groups in total. The summed E-state index contributed by atoms with van der Waals surface area (Å²) in [5.74, 6) is -0.909. The van der Waals surface area contributed by atoms with E-state index in [1.165, 1.54) is 0 Å². The number of amides is 1. The number of nitrogens with zero attached hydrogens (tertiary/aromatic N) is 1. The van der Waals surface area contributed by atoms with E-state index in [1.54, 1.807) is 19.1 Å². The summed E-state index contributed by atoms with van der Waals surface area (Å²) < 4.78 is 10.3. The fourth-order valence-electron chi connectivity index (χ4n) is 3.12. The standard InChI is InChI=1S/C16H18N2O5/c1-2-22-15(21)17-14-18-16(9-23-14)7-6-11-10(8-16)4-3-5-12(11)13(19)20/h3-5H,2,6-9H2,1H3,(H,19,20)(H,17,18,21). The van der Waals surface area contributed by atoms with Crippen molar-refractivity contribution >= 4 is 18.1 Å². The van der Waals surface area contributed by atoms with Gasteiger partial charge in [0.25, 0.3) is 6.02 Å². The van der Waals surface area contributed by atoms with E-state index < -0.39 is 17.6 Å². The van der Waals surface area contributed by atoms with Crippen LogP contribution in [-0.4, -0.2) is 41.9 Å². The van der Waals surface area contributed by atoms with Gasteiger partial charge in [-0.15, -0.1) is 0 Å². The van der Waals surface area contributed by atoms with Gasteiger partial charge in [-0.3, -0.25) is 0 Å². The number of fused-ring (bicyclic) bond motifs is 1. The Hall–Kier alpha value is -2.57. The van der Waals surface area contributed by atoms with Gasteiger partial charge in [0.15, 0.2) is 0 Å². The molecule has 23 heavy (non-hydrogen) atoms. The lowest BCUT2D eigenvalue weighted by Crippen LogP contribution is -2.36. The average Bonchev–Trinajstić information content (AvgIpc) is 2.88. The molecule has 1 spiro atoms. The molecular formula is C16H18N2O5. The molecule has 1 heterocycles. The van der Waals surface area contributed by atoms with Crippen molar-refractivity contribution in [3.63, 3.8) is 0 Å². The lowest BCUT2D eigenvalue weighted by molar-refractivity contribution is 0.0694. The minimum atomic E-state index is -0.909. The summed E-state index contributed by atoms with van der Waals surface area (Å²) in [6.07, 6.45) is 1.31. The van der Waals surface area contributed by atoms with Crippen LogP contribution in [-0.2, 0) is 22.3 Å². The zero-order chi connectivity index (χ0) is 16.4. The number of carbonyl (C=O) groups excluding carboxylic acids is 1. The van der Waals surface area contributed by atoms with Gasteiger partial charge in [-0.05, 0) is 37.0 Å². The molecule has 0 bridgehead atoms. The summed E-state index contributed by atoms with van der Waals surface area (Å²) >= 11 is 0. The molecule has 1 aliphatic heterocycles. The maximum absolute atomic E-state index is 11.4. The van der Waals surface area contributed by atoms with E-state index in [1.807, 2.05) is 6.07 Å². The molecule has 1 atom stereocenters. The molecule has 0 saturated carbocycles. The van der Waals surface area contributed by atoms with Gasteiger partial charge in [0.1, 0.15) is 12.1 Å². The first-order valence-electron chi connectivity index (χ1n) is 7.53. The Morgan fingerprint density at radius 1 is 1.48 bits per heavy atom. The third-order valence-corrected chi connectivity index (χ3v) is 4.16. The molecule has 1 aliphatic carbocycles. The van der Waals surface area contributed by atoms with Crippen molar-refractivity contribution < 1.29 is 24.2 Å². The van der Waals surface area contributed by atoms with Gasteiger partial charge < -0.3 is 14.6 Å². The number of rotatable bonds is 2. The maximum Gasteiger partial charge on any atom is 0.415 e. The number of carbonyl (C=O) groups is 2. The van der Waals surface area contributed by atoms with Crippen LogP contribution in [0.1, 0.15) is 34.8 Å². The summed E-state index contributed by atoms with van der Waals surface area (Å²) in [7, 11) is 0. The Morgan fingerprint density at radius 2 is 2.30 bits per heavy atom. The average molecular weight is 318 g/mol. The number of hydrogen-bond acceptors (Lipinski definition) is 5. The summed E-state index contributed by atoms with van der Waals surface area (Å²) in [6.45, 7) is 2.36. The number of carboxylic acids is 1. The summed E-state index contributed by atoms with van der Waals surface area (Å²) in [4.78, 5) is 27.2. The highest BCUT2D eigenvalue weighted by molar-refractivity contribution is 5.92. The van der Waals surface area contributed by atoms with Crippen LogP contribution in [0.2, 0.25) is 0 Å². The van der Waals surface area contributed by atoms with E-state index in [0.717, 1.165) is 11.1 Å². The zero-order valence-corrected chi connectivity index (χ0v) is 12.8. The molecular weight excluding hydrogens is 300 g/mol. The normalized spacial score (nSPS) is 22.0. The van der Waals surface area contributed by atoms with Gasteiger partial charge in [0.05, 0.1) is 12.2 Å². The summed E-state index contributed by atoms with van der Waals surface area (Å²) in [6, 6.07) is 5.47. The second-order valence-corrected chi connectivity index (χ2v) is 5.70. The molecule has 0 radical (unpaired) electrons. The van der Waals surface area contributed by atoms with Crippen LogP contribution >= 0.6 is 0 Å². The highest BCUT2D eigenvalue weighted by atomic mass is 16.6. The Balaban J connectivity index is 1.79. The predicted molar refractivity (Wildman–Crippen MR) is 81.7 cm³/mol. The first-order valence-corrected chi connectivity index (χ1v) is 7.53. The number of benzene rings is 1. The lowest BCUT2D eigenvalue weighted by atomic mass is 9.77. The van der Waals surface area contributed by atoms with Crippen molar-refractivity contribution in [1.29, 1.82) is 0 Å². The first-order chi connectivity index (χ1) is 11.0. The Kier molecular flexibility index (Phi) is 3.94. The molecule has 1 amide bonds. The van der Waals surface area contributed by atoms with Crippen molar-refractivity contribution in [2.75, 3.05) is 13.2 Å². The number of amidine groups is 1. The van der Waals surface area contributed by atoms with E-state index in [0.29, 0.717) is 31.4 Å². The number of alkyl carbamates (subject to hydrolysis) is 1. The van der Waals surface area contributed by atoms with E-state index in [4.69, 9.17) is 9.47 Å². The van der Waals surface area contributed by atoms with Gasteiger partial charge in [-0.1, -0.05) is 12.1 Å². The minimum Gasteiger partial charge on any atom is -0.478 e. The van der Waals surface area contributed by atoms with Crippen LogP contribution < -0.4 is 5.32 Å². The highest BCUT2D eigenvalue weighted by Gasteiger charge is 2.41. The predicted octanol–water partition coefficient (Wildman–Crippen LogP) is 1.74. The molecule has 0 fully saturated rings. The van der Waals surface area contributed by atoms with E-state index in [2.05, 4.69) is 10.3 Å². The SMILES string of the molecule is CCOC(=O)NC1=NC2(CCc3c(cccc3C(=O)O)C2)CO1. The van der Waals surface area contributed by atoms with Gasteiger partial charge in [-0.2, -0.15) is 0 Å². The number of nitrogens with one attached hydrogen (secondary N) is 1. The van der Waals surface area contributed by atoms with E-state index >= 15 is 0 Å². The number of aromatic carboxylic acids is 1. The third-order valence-electron chi connectivity index (χ3n) is 4.16. The van der Waals surface area contributed by atoms with Gasteiger partial charge in [0, 0.05) is 6.42 Å². The Bertz CT molecular complexity index is 685. The van der Waals surface area contributed by atoms with Crippen LogP contribution in [0.15, 0.2) is 23.2 Å². The number of ether oxygens (including phenoxy) is 2. The van der Waals surface area contributed by atoms with Crippen LogP contribution in [0.5, 0.6) is 0 Å². The quantitative estimate of drug-likeness (QED) is 0.865. The van der Waals surface area contributed by atoms with Crippen molar-refractivity contribution in [2.45, 2.75) is 31.7 Å². The van der Waals surface area contributed by atoms with Crippen molar-refractivity contribution in [3.05, 3.63) is 34.9 Å². The molecule has 122 valence electrons. The fourth-order valence-corrected chi connectivity index (χ4v) is 3.12. The van der Waals surface area contributed by atoms with Crippen LogP contribution in [0, 0.1) is 0 Å². The monoisotopic (exact) mass is 318 g/mol. The molecule has 2 aliphatic rings. The zero-order valence-electron chi connectivity index (χ0n) is 12.8. The van der Waals surface area contributed by atoms with Gasteiger partial charge >= 0.3 is 12.1 Å². The molecule has 0 aromatic heterocycles. The molecule has 7 nitrogen and oxygen atoms in total. The maximum atomic E-state index is 11.4. The number of hydrogen-bond donors (Lipinski definition) is 2. The molecule has 3 rings (SSSR count). The van der Waals surface area contributed by atoms with Crippen molar-refractivity contribution in [2.24, 2.45) is 4.99 Å². The summed E-state index contributed by atoms with van der Waals surface area (Å²) in [5.41, 5.74) is 1.75. The molecule has 0 saturated heterocycles. The second kappa shape index (κ2) is 5.91. The van der Waals surface area contributed by atoms with Crippen LogP contribution in [0.25, 0.3) is 0 Å². The van der Waals surface area contributed by atoms with Gasteiger partial charge in [0.2, 0.25) is 0 Å². The fraction of sp³-hybridized carbons (Fsp3) is 0.438. The molecule has 7 heteroatoms. The molecule has 1 aromatic carbocycles. The first kappa shape index (κ1) is 15.3. The van der Waals surface area contributed by atoms with Crippen molar-refractivity contribution in [3.8, 4) is 0 Å². The smallest absolute Gasteiger partial charge is 0.415 e. The van der Waals surface area contributed by atoms with Crippen LogP contribution in [0.4, 0.5) is 4.79 Å². The largest absolute Gasteiger partial charge is 0.478 e. The Labute approximate surface area is 133 Å². The summed E-state index contributed by atoms with van der Waals surface area (Å²) in [5, 5.41) is 11.8. The van der Waals surface area contributed by atoms with E-state index in [9.17, 15) is 14.7 Å². The van der Waals surface area contributed by atoms with E-state index in [-0.39, 0.29) is 12.6 Å². The Morgan fingerprint density at radius 3 is 3.04 bits per heavy atom.